The van der Waals surface area contributed by atoms with Crippen molar-refractivity contribution >= 4 is 45.4 Å². The minimum absolute atomic E-state index is 0.00106. The van der Waals surface area contributed by atoms with Crippen LogP contribution in [-0.4, -0.2) is 33.6 Å². The fraction of sp³-hybridized carbons (Fsp3) is 0.0690. The van der Waals surface area contributed by atoms with Gasteiger partial charge in [-0.3, -0.25) is 9.52 Å². The van der Waals surface area contributed by atoms with Crippen molar-refractivity contribution in [3.63, 3.8) is 0 Å². The van der Waals surface area contributed by atoms with Gasteiger partial charge in [0.25, 0.3) is 15.9 Å². The number of hydrogen-bond donors (Lipinski definition) is 2. The number of nitrogens with one attached hydrogen (secondary N) is 2. The number of carbonyl (C=O) groups is 2. The molecule has 2 N–H and O–H groups in total. The topological polar surface area (TPSA) is 123 Å². The van der Waals surface area contributed by atoms with Crippen molar-refractivity contribution in [2.45, 2.75) is 11.5 Å². The number of methoxy groups -OCH3 is 1. The Balaban J connectivity index is 1.42. The Hall–Kier alpha value is -4.67. The van der Waals surface area contributed by atoms with Crippen LogP contribution in [0.1, 0.15) is 31.8 Å². The van der Waals surface area contributed by atoms with E-state index in [1.54, 1.807) is 60.7 Å². The third-order valence-electron chi connectivity index (χ3n) is 5.60. The van der Waals surface area contributed by atoms with Gasteiger partial charge in [0.15, 0.2) is 0 Å². The molecule has 0 bridgehead atoms. The molecule has 9 nitrogen and oxygen atoms in total. The number of rotatable bonds is 10. The number of anilines is 1. The predicted molar refractivity (Wildman–Crippen MR) is 152 cm³/mol. The van der Waals surface area contributed by atoms with E-state index in [1.165, 1.54) is 49.7 Å². The first-order valence-electron chi connectivity index (χ1n) is 11.9. The van der Waals surface area contributed by atoms with Gasteiger partial charge in [-0.05, 0) is 66.2 Å². The zero-order valence-electron chi connectivity index (χ0n) is 21.2. The van der Waals surface area contributed by atoms with E-state index in [4.69, 9.17) is 21.1 Å². The van der Waals surface area contributed by atoms with Gasteiger partial charge >= 0.3 is 5.97 Å². The van der Waals surface area contributed by atoms with Gasteiger partial charge in [-0.1, -0.05) is 48.0 Å². The molecule has 40 heavy (non-hydrogen) atoms. The third kappa shape index (κ3) is 7.25. The van der Waals surface area contributed by atoms with E-state index in [9.17, 15) is 18.0 Å². The van der Waals surface area contributed by atoms with Crippen LogP contribution in [0.3, 0.4) is 0 Å². The van der Waals surface area contributed by atoms with Gasteiger partial charge < -0.3 is 9.47 Å². The minimum atomic E-state index is -3.96. The van der Waals surface area contributed by atoms with Crippen LogP contribution < -0.4 is 14.9 Å². The molecule has 204 valence electrons. The first kappa shape index (κ1) is 28.3. The second kappa shape index (κ2) is 12.9. The highest BCUT2D eigenvalue weighted by Gasteiger charge is 2.18. The number of amides is 1. The third-order valence-corrected chi connectivity index (χ3v) is 7.23. The molecule has 0 saturated carbocycles. The summed E-state index contributed by atoms with van der Waals surface area (Å²) in [5.74, 6) is -0.513. The molecule has 1 amide bonds. The molecule has 0 fully saturated rings. The minimum Gasteiger partial charge on any atom is -0.488 e. The van der Waals surface area contributed by atoms with E-state index >= 15 is 0 Å². The zero-order valence-corrected chi connectivity index (χ0v) is 22.8. The van der Waals surface area contributed by atoms with Crippen LogP contribution in [0.15, 0.2) is 107 Å². The first-order valence-corrected chi connectivity index (χ1v) is 13.7. The maximum absolute atomic E-state index is 12.9. The van der Waals surface area contributed by atoms with Gasteiger partial charge in [0.1, 0.15) is 12.4 Å². The second-order valence-corrected chi connectivity index (χ2v) is 10.4. The normalized spacial score (nSPS) is 11.2. The summed E-state index contributed by atoms with van der Waals surface area (Å²) >= 11 is 5.85. The molecular formula is C29H24ClN3O6S. The lowest BCUT2D eigenvalue weighted by atomic mass is 10.1. The van der Waals surface area contributed by atoms with E-state index in [-0.39, 0.29) is 22.8 Å². The number of para-hydroxylation sites is 2. The van der Waals surface area contributed by atoms with Crippen LogP contribution in [0.2, 0.25) is 5.02 Å². The smallest absolute Gasteiger partial charge is 0.337 e. The van der Waals surface area contributed by atoms with Crippen LogP contribution in [0.25, 0.3) is 0 Å². The van der Waals surface area contributed by atoms with Crippen molar-refractivity contribution in [1.29, 1.82) is 0 Å². The molecule has 11 heteroatoms. The molecule has 0 saturated heterocycles. The van der Waals surface area contributed by atoms with Crippen LogP contribution in [0.5, 0.6) is 5.75 Å². The monoisotopic (exact) mass is 577 g/mol. The van der Waals surface area contributed by atoms with Crippen molar-refractivity contribution in [1.82, 2.24) is 5.43 Å². The Bertz CT molecular complexity index is 1640. The van der Waals surface area contributed by atoms with Gasteiger partial charge in [-0.25, -0.2) is 18.6 Å². The van der Waals surface area contributed by atoms with E-state index in [1.807, 2.05) is 0 Å². The fourth-order valence-corrected chi connectivity index (χ4v) is 4.75. The molecule has 0 atom stereocenters. The summed E-state index contributed by atoms with van der Waals surface area (Å²) < 4.78 is 38.6. The molecule has 4 aromatic carbocycles. The number of ether oxygens (including phenoxy) is 2. The molecule has 0 aromatic heterocycles. The Kier molecular flexibility index (Phi) is 9.15. The molecule has 4 aromatic rings. The molecule has 0 unspecified atom stereocenters. The van der Waals surface area contributed by atoms with E-state index in [0.29, 0.717) is 21.9 Å². The zero-order chi connectivity index (χ0) is 28.5. The average molecular weight is 578 g/mol. The number of halogens is 1. The van der Waals surface area contributed by atoms with Crippen molar-refractivity contribution in [2.75, 3.05) is 11.8 Å². The van der Waals surface area contributed by atoms with Gasteiger partial charge in [0.2, 0.25) is 0 Å². The molecule has 0 aliphatic heterocycles. The van der Waals surface area contributed by atoms with E-state index in [2.05, 4.69) is 15.2 Å². The highest BCUT2D eigenvalue weighted by atomic mass is 35.5. The Morgan fingerprint density at radius 1 is 0.900 bits per heavy atom. The Morgan fingerprint density at radius 2 is 1.57 bits per heavy atom. The Labute approximate surface area is 236 Å². The SMILES string of the molecule is COC(=O)c1ccc(COc2ccccc2/C=N/NC(=O)c2ccccc2NS(=O)(=O)c2ccc(Cl)cc2)cc1. The summed E-state index contributed by atoms with van der Waals surface area (Å²) in [6, 6.07) is 25.8. The first-order chi connectivity index (χ1) is 19.3. The maximum Gasteiger partial charge on any atom is 0.337 e. The lowest BCUT2D eigenvalue weighted by Crippen LogP contribution is -2.21. The number of sulfonamides is 1. The van der Waals surface area contributed by atoms with Crippen molar-refractivity contribution < 1.29 is 27.5 Å². The summed E-state index contributed by atoms with van der Waals surface area (Å²) in [6.07, 6.45) is 1.42. The summed E-state index contributed by atoms with van der Waals surface area (Å²) in [5, 5.41) is 4.43. The van der Waals surface area contributed by atoms with Crippen LogP contribution >= 0.6 is 11.6 Å². The van der Waals surface area contributed by atoms with Crippen LogP contribution in [-0.2, 0) is 21.4 Å². The highest BCUT2D eigenvalue weighted by molar-refractivity contribution is 7.92. The molecule has 0 aliphatic rings. The van der Waals surface area contributed by atoms with E-state index in [0.717, 1.165) is 5.56 Å². The number of carbonyl (C=O) groups excluding carboxylic acids is 2. The van der Waals surface area contributed by atoms with Crippen molar-refractivity contribution in [2.24, 2.45) is 5.10 Å². The second-order valence-electron chi connectivity index (χ2n) is 8.32. The van der Waals surface area contributed by atoms with Crippen molar-refractivity contribution in [3.05, 3.63) is 124 Å². The molecule has 0 aliphatic carbocycles. The lowest BCUT2D eigenvalue weighted by molar-refractivity contribution is 0.0600. The van der Waals surface area contributed by atoms with Gasteiger partial charge in [0, 0.05) is 10.6 Å². The van der Waals surface area contributed by atoms with Gasteiger partial charge in [-0.15, -0.1) is 0 Å². The molecule has 0 radical (unpaired) electrons. The van der Waals surface area contributed by atoms with E-state index < -0.39 is 21.9 Å². The number of esters is 1. The van der Waals surface area contributed by atoms with Crippen LogP contribution in [0.4, 0.5) is 5.69 Å². The Morgan fingerprint density at radius 3 is 2.30 bits per heavy atom. The van der Waals surface area contributed by atoms with Crippen molar-refractivity contribution in [3.8, 4) is 5.75 Å². The number of nitrogens with zero attached hydrogens (tertiary/aromatic N) is 1. The summed E-state index contributed by atoms with van der Waals surface area (Å²) in [5.41, 5.74) is 4.47. The highest BCUT2D eigenvalue weighted by Crippen LogP contribution is 2.22. The number of hydrazone groups is 1. The summed E-state index contributed by atoms with van der Waals surface area (Å²) in [7, 11) is -2.64. The van der Waals surface area contributed by atoms with Crippen LogP contribution in [0, 0.1) is 0 Å². The summed E-state index contributed by atoms with van der Waals surface area (Å²) in [4.78, 5) is 24.5. The molecule has 0 heterocycles. The standard InChI is InChI=1S/C29H24ClN3O6S/c1-38-29(35)21-12-10-20(11-13-21)19-39-27-9-5-2-6-22(27)18-31-32-28(34)25-7-3-4-8-26(25)33-40(36,37)24-16-14-23(30)15-17-24/h2-18,33H,19H2,1H3,(H,32,34)/b31-18+. The number of benzene rings is 4. The molecule has 4 rings (SSSR count). The number of hydrogen-bond acceptors (Lipinski definition) is 7. The predicted octanol–water partition coefficient (Wildman–Crippen LogP) is 5.27. The summed E-state index contributed by atoms with van der Waals surface area (Å²) in [6.45, 7) is 0.236. The largest absolute Gasteiger partial charge is 0.488 e. The fourth-order valence-electron chi connectivity index (χ4n) is 3.54. The van der Waals surface area contributed by atoms with Gasteiger partial charge in [-0.2, -0.15) is 5.10 Å². The maximum atomic E-state index is 12.9. The lowest BCUT2D eigenvalue weighted by Gasteiger charge is -2.12. The molecule has 0 spiro atoms. The molecular weight excluding hydrogens is 554 g/mol. The average Bonchev–Trinajstić information content (AvgIpc) is 2.96. The van der Waals surface area contributed by atoms with Gasteiger partial charge in [0.05, 0.1) is 35.0 Å². The quantitative estimate of drug-likeness (QED) is 0.150.